The van der Waals surface area contributed by atoms with Crippen LogP contribution in [-0.2, 0) is 16.0 Å². The molecule has 1 aliphatic heterocycles. The number of carbonyl (C=O) groups excluding carboxylic acids is 1. The molecule has 1 heterocycles. The Bertz CT molecular complexity index is 718. The van der Waals surface area contributed by atoms with Crippen molar-refractivity contribution in [3.63, 3.8) is 0 Å². The molecule has 2 aromatic rings. The highest BCUT2D eigenvalue weighted by molar-refractivity contribution is 6.30. The number of nitrogens with zero attached hydrogens (tertiary/aromatic N) is 1. The van der Waals surface area contributed by atoms with Crippen LogP contribution in [0.3, 0.4) is 0 Å². The first-order valence-electron chi connectivity index (χ1n) is 6.52. The molecule has 21 heavy (non-hydrogen) atoms. The standard InChI is InChI=1S/C17H12ClNO2/c18-14-8-6-13(7-9-14)10-15-17(20)21-16(19-15)11-12-4-2-1-3-5-12/h1-10H,11H2. The van der Waals surface area contributed by atoms with Crippen LogP contribution in [0.1, 0.15) is 11.1 Å². The fourth-order valence-electron chi connectivity index (χ4n) is 2.02. The maximum atomic E-state index is 11.8. The zero-order valence-corrected chi connectivity index (χ0v) is 11.9. The molecule has 3 nitrogen and oxygen atoms in total. The summed E-state index contributed by atoms with van der Waals surface area (Å²) in [4.78, 5) is 16.1. The summed E-state index contributed by atoms with van der Waals surface area (Å²) < 4.78 is 5.19. The zero-order chi connectivity index (χ0) is 14.7. The molecule has 0 radical (unpaired) electrons. The normalized spacial score (nSPS) is 16.0. The molecule has 0 fully saturated rings. The van der Waals surface area contributed by atoms with Crippen LogP contribution in [0.2, 0.25) is 5.02 Å². The van der Waals surface area contributed by atoms with Gasteiger partial charge in [-0.2, -0.15) is 0 Å². The summed E-state index contributed by atoms with van der Waals surface area (Å²) >= 11 is 5.83. The summed E-state index contributed by atoms with van der Waals surface area (Å²) in [5, 5.41) is 0.652. The lowest BCUT2D eigenvalue weighted by molar-refractivity contribution is -0.130. The van der Waals surface area contributed by atoms with E-state index >= 15 is 0 Å². The lowest BCUT2D eigenvalue weighted by atomic mass is 10.1. The molecular formula is C17H12ClNO2. The average Bonchev–Trinajstić information content (AvgIpc) is 2.82. The summed E-state index contributed by atoms with van der Waals surface area (Å²) in [6.07, 6.45) is 2.20. The van der Waals surface area contributed by atoms with Crippen LogP contribution >= 0.6 is 11.6 Å². The number of hydrogen-bond acceptors (Lipinski definition) is 3. The molecule has 0 amide bonds. The Kier molecular flexibility index (Phi) is 3.84. The number of aliphatic imine (C=N–C) groups is 1. The molecule has 0 atom stereocenters. The Hall–Kier alpha value is -2.39. The van der Waals surface area contributed by atoms with Gasteiger partial charge in [0, 0.05) is 11.4 Å². The Morgan fingerprint density at radius 3 is 2.48 bits per heavy atom. The monoisotopic (exact) mass is 297 g/mol. The zero-order valence-electron chi connectivity index (χ0n) is 11.1. The Labute approximate surface area is 127 Å². The molecule has 0 bridgehead atoms. The summed E-state index contributed by atoms with van der Waals surface area (Å²) in [5.41, 5.74) is 2.22. The third-order valence-corrected chi connectivity index (χ3v) is 3.29. The van der Waals surface area contributed by atoms with Crippen molar-refractivity contribution in [2.75, 3.05) is 0 Å². The Balaban J connectivity index is 1.80. The van der Waals surface area contributed by atoms with Crippen LogP contribution in [0.4, 0.5) is 0 Å². The molecule has 0 aromatic heterocycles. The second-order valence-electron chi connectivity index (χ2n) is 4.64. The molecule has 0 aliphatic carbocycles. The highest BCUT2D eigenvalue weighted by Gasteiger charge is 2.22. The van der Waals surface area contributed by atoms with Gasteiger partial charge >= 0.3 is 5.97 Å². The van der Waals surface area contributed by atoms with Crippen LogP contribution in [0.25, 0.3) is 6.08 Å². The van der Waals surface area contributed by atoms with E-state index in [4.69, 9.17) is 16.3 Å². The molecule has 104 valence electrons. The molecule has 0 spiro atoms. The largest absolute Gasteiger partial charge is 0.406 e. The van der Waals surface area contributed by atoms with Gasteiger partial charge in [0.1, 0.15) is 0 Å². The fourth-order valence-corrected chi connectivity index (χ4v) is 2.14. The van der Waals surface area contributed by atoms with E-state index in [0.717, 1.165) is 11.1 Å². The smallest absolute Gasteiger partial charge is 0.363 e. The van der Waals surface area contributed by atoms with Gasteiger partial charge in [0.15, 0.2) is 5.70 Å². The maximum Gasteiger partial charge on any atom is 0.363 e. The number of halogens is 1. The van der Waals surface area contributed by atoms with Crippen LogP contribution in [0, 0.1) is 0 Å². The van der Waals surface area contributed by atoms with Gasteiger partial charge in [-0.3, -0.25) is 0 Å². The predicted molar refractivity (Wildman–Crippen MR) is 83.1 cm³/mol. The van der Waals surface area contributed by atoms with Gasteiger partial charge < -0.3 is 4.74 Å². The first kappa shape index (κ1) is 13.6. The minimum absolute atomic E-state index is 0.309. The number of cyclic esters (lactones) is 1. The highest BCUT2D eigenvalue weighted by Crippen LogP contribution is 2.18. The van der Waals surface area contributed by atoms with Crippen molar-refractivity contribution in [1.29, 1.82) is 0 Å². The van der Waals surface area contributed by atoms with Crippen molar-refractivity contribution >= 4 is 29.5 Å². The van der Waals surface area contributed by atoms with Gasteiger partial charge in [0.05, 0.1) is 0 Å². The third-order valence-electron chi connectivity index (χ3n) is 3.04. The molecule has 0 unspecified atom stereocenters. The predicted octanol–water partition coefficient (Wildman–Crippen LogP) is 3.88. The lowest BCUT2D eigenvalue weighted by Gasteiger charge is -1.98. The van der Waals surface area contributed by atoms with Crippen molar-refractivity contribution in [2.24, 2.45) is 4.99 Å². The van der Waals surface area contributed by atoms with Gasteiger partial charge in [-0.1, -0.05) is 54.1 Å². The van der Waals surface area contributed by atoms with Crippen molar-refractivity contribution in [3.05, 3.63) is 76.4 Å². The fraction of sp³-hybridized carbons (Fsp3) is 0.0588. The van der Waals surface area contributed by atoms with Gasteiger partial charge in [0.2, 0.25) is 5.90 Å². The van der Waals surface area contributed by atoms with E-state index in [1.165, 1.54) is 0 Å². The van der Waals surface area contributed by atoms with Gasteiger partial charge in [0.25, 0.3) is 0 Å². The van der Waals surface area contributed by atoms with E-state index in [1.54, 1.807) is 18.2 Å². The van der Waals surface area contributed by atoms with Crippen LogP contribution in [0.5, 0.6) is 0 Å². The van der Waals surface area contributed by atoms with E-state index in [1.807, 2.05) is 42.5 Å². The van der Waals surface area contributed by atoms with E-state index < -0.39 is 5.97 Å². The number of benzene rings is 2. The number of hydrogen-bond donors (Lipinski definition) is 0. The first-order chi connectivity index (χ1) is 10.2. The lowest BCUT2D eigenvalue weighted by Crippen LogP contribution is -2.06. The summed E-state index contributed by atoms with van der Waals surface area (Å²) in [6, 6.07) is 17.0. The van der Waals surface area contributed by atoms with Crippen LogP contribution in [-0.4, -0.2) is 11.9 Å². The summed E-state index contributed by atoms with van der Waals surface area (Å²) in [7, 11) is 0. The SMILES string of the molecule is O=C1OC(Cc2ccccc2)=NC1=Cc1ccc(Cl)cc1. The molecule has 0 saturated carbocycles. The van der Waals surface area contributed by atoms with E-state index in [0.29, 0.717) is 23.0 Å². The third kappa shape index (κ3) is 3.38. The molecular weight excluding hydrogens is 286 g/mol. The van der Waals surface area contributed by atoms with Crippen molar-refractivity contribution in [2.45, 2.75) is 6.42 Å². The number of ether oxygens (including phenoxy) is 1. The van der Waals surface area contributed by atoms with Gasteiger partial charge in [-0.05, 0) is 29.3 Å². The second kappa shape index (κ2) is 5.94. The molecule has 4 heteroatoms. The first-order valence-corrected chi connectivity index (χ1v) is 6.89. The van der Waals surface area contributed by atoms with Crippen molar-refractivity contribution in [1.82, 2.24) is 0 Å². The second-order valence-corrected chi connectivity index (χ2v) is 5.08. The molecule has 0 saturated heterocycles. The topological polar surface area (TPSA) is 38.7 Å². The van der Waals surface area contributed by atoms with Crippen LogP contribution < -0.4 is 0 Å². The molecule has 1 aliphatic rings. The van der Waals surface area contributed by atoms with E-state index in [2.05, 4.69) is 4.99 Å². The van der Waals surface area contributed by atoms with E-state index in [-0.39, 0.29) is 0 Å². The van der Waals surface area contributed by atoms with Gasteiger partial charge in [-0.25, -0.2) is 9.79 Å². The quantitative estimate of drug-likeness (QED) is 0.637. The number of rotatable bonds is 3. The summed E-state index contributed by atoms with van der Waals surface area (Å²) in [5.74, 6) is 0.00212. The average molecular weight is 298 g/mol. The number of carbonyl (C=O) groups is 1. The minimum Gasteiger partial charge on any atom is -0.406 e. The maximum absolute atomic E-state index is 11.8. The minimum atomic E-state index is -0.420. The Morgan fingerprint density at radius 1 is 1.05 bits per heavy atom. The molecule has 3 rings (SSSR count). The number of esters is 1. The van der Waals surface area contributed by atoms with E-state index in [9.17, 15) is 4.79 Å². The Morgan fingerprint density at radius 2 is 1.76 bits per heavy atom. The highest BCUT2D eigenvalue weighted by atomic mass is 35.5. The summed E-state index contributed by atoms with van der Waals surface area (Å²) in [6.45, 7) is 0. The van der Waals surface area contributed by atoms with Gasteiger partial charge in [-0.15, -0.1) is 0 Å². The van der Waals surface area contributed by atoms with Crippen LogP contribution in [0.15, 0.2) is 65.3 Å². The molecule has 2 aromatic carbocycles. The molecule has 0 N–H and O–H groups in total. The van der Waals surface area contributed by atoms with Crippen molar-refractivity contribution < 1.29 is 9.53 Å². The van der Waals surface area contributed by atoms with Crippen molar-refractivity contribution in [3.8, 4) is 0 Å².